The molecule has 128 valence electrons. The number of carbonyl (C=O) groups is 1. The van der Waals surface area contributed by atoms with E-state index in [2.05, 4.69) is 4.98 Å². The highest BCUT2D eigenvalue weighted by molar-refractivity contribution is 5.98. The van der Waals surface area contributed by atoms with Crippen LogP contribution in [0.15, 0.2) is 51.7 Å². The van der Waals surface area contributed by atoms with Gasteiger partial charge in [-0.1, -0.05) is 18.2 Å². The molecular formula is C19H18N2O4. The monoisotopic (exact) mass is 338 g/mol. The number of aromatic nitrogens is 1. The number of aryl methyl sites for hydroxylation is 1. The lowest BCUT2D eigenvalue weighted by molar-refractivity contribution is 0.0767. The average Bonchev–Trinajstić information content (AvgIpc) is 3.19. The summed E-state index contributed by atoms with van der Waals surface area (Å²) in [6, 6.07) is 12.7. The highest BCUT2D eigenvalue weighted by Crippen LogP contribution is 2.21. The number of nitrogens with one attached hydrogen (secondary N) is 1. The summed E-state index contributed by atoms with van der Waals surface area (Å²) in [6.07, 6.45) is 0.597. The van der Waals surface area contributed by atoms with E-state index in [1.54, 1.807) is 17.9 Å². The van der Waals surface area contributed by atoms with Gasteiger partial charge in [0.1, 0.15) is 23.3 Å². The summed E-state index contributed by atoms with van der Waals surface area (Å²) in [5, 5.41) is 1.02. The number of H-pyrrole nitrogens is 1. The molecule has 0 bridgehead atoms. The molecule has 0 radical (unpaired) electrons. The van der Waals surface area contributed by atoms with E-state index in [1.165, 1.54) is 6.07 Å². The third-order valence-electron chi connectivity index (χ3n) is 4.36. The van der Waals surface area contributed by atoms with Crippen molar-refractivity contribution in [3.8, 4) is 5.75 Å². The molecule has 25 heavy (non-hydrogen) atoms. The van der Waals surface area contributed by atoms with E-state index in [-0.39, 0.29) is 12.0 Å². The molecule has 1 aliphatic heterocycles. The summed E-state index contributed by atoms with van der Waals surface area (Å²) in [4.78, 5) is 29.0. The van der Waals surface area contributed by atoms with Gasteiger partial charge in [0.2, 0.25) is 0 Å². The second-order valence-corrected chi connectivity index (χ2v) is 6.27. The van der Waals surface area contributed by atoms with Crippen LogP contribution in [0.3, 0.4) is 0 Å². The van der Waals surface area contributed by atoms with Gasteiger partial charge >= 0.3 is 5.63 Å². The number of hydrogen-bond acceptors (Lipinski definition) is 4. The van der Waals surface area contributed by atoms with Crippen molar-refractivity contribution in [3.63, 3.8) is 0 Å². The maximum atomic E-state index is 12.7. The van der Waals surface area contributed by atoms with Crippen molar-refractivity contribution in [2.24, 2.45) is 0 Å². The maximum absolute atomic E-state index is 12.7. The summed E-state index contributed by atoms with van der Waals surface area (Å²) >= 11 is 0. The van der Waals surface area contributed by atoms with Gasteiger partial charge in [0.05, 0.1) is 12.6 Å². The van der Waals surface area contributed by atoms with Crippen LogP contribution in [-0.2, 0) is 0 Å². The molecule has 0 spiro atoms. The van der Waals surface area contributed by atoms with E-state index in [0.717, 1.165) is 17.3 Å². The number of rotatable bonds is 3. The van der Waals surface area contributed by atoms with Gasteiger partial charge in [0.25, 0.3) is 5.91 Å². The minimum absolute atomic E-state index is 0.0361. The van der Waals surface area contributed by atoms with Gasteiger partial charge in [-0.05, 0) is 19.1 Å². The first kappa shape index (κ1) is 15.5. The van der Waals surface area contributed by atoms with Crippen LogP contribution in [0, 0.1) is 6.92 Å². The van der Waals surface area contributed by atoms with Crippen LogP contribution >= 0.6 is 0 Å². The van der Waals surface area contributed by atoms with Crippen LogP contribution in [0.25, 0.3) is 10.9 Å². The molecule has 0 aliphatic carbocycles. The molecule has 0 saturated carbocycles. The van der Waals surface area contributed by atoms with Gasteiger partial charge in [0.15, 0.2) is 0 Å². The molecule has 1 unspecified atom stereocenters. The molecule has 1 atom stereocenters. The van der Waals surface area contributed by atoms with Crippen molar-refractivity contribution in [1.82, 2.24) is 9.88 Å². The number of para-hydroxylation sites is 1. The van der Waals surface area contributed by atoms with E-state index in [9.17, 15) is 9.59 Å². The zero-order valence-corrected chi connectivity index (χ0v) is 13.8. The number of carbonyl (C=O) groups excluding carboxylic acids is 1. The predicted molar refractivity (Wildman–Crippen MR) is 93.0 cm³/mol. The number of likely N-dealkylation sites (tertiary alicyclic amines) is 1. The van der Waals surface area contributed by atoms with Gasteiger partial charge in [-0.2, -0.15) is 0 Å². The largest absolute Gasteiger partial charge is 0.488 e. The summed E-state index contributed by atoms with van der Waals surface area (Å²) in [7, 11) is 0. The highest BCUT2D eigenvalue weighted by Gasteiger charge is 2.29. The number of benzene rings is 1. The SMILES string of the molecule is Cc1cc(OC2CCN(C(=O)c3cc4ccccc4[nH]3)C2)cc(=O)o1. The maximum Gasteiger partial charge on any atom is 0.339 e. The van der Waals surface area contributed by atoms with Crippen LogP contribution in [0.1, 0.15) is 22.7 Å². The third kappa shape index (κ3) is 3.15. The molecule has 1 fully saturated rings. The molecule has 3 heterocycles. The standard InChI is InChI=1S/C19H18N2O4/c1-12-8-15(10-18(22)24-12)25-14-6-7-21(11-14)19(23)17-9-13-4-2-3-5-16(13)20-17/h2-5,8-10,14,20H,6-7,11H2,1H3. The molecule has 1 aliphatic rings. The fraction of sp³-hybridized carbons (Fsp3) is 0.263. The van der Waals surface area contributed by atoms with Gasteiger partial charge in [-0.15, -0.1) is 0 Å². The smallest absolute Gasteiger partial charge is 0.339 e. The molecule has 1 saturated heterocycles. The van der Waals surface area contributed by atoms with E-state index in [1.807, 2.05) is 30.3 Å². The Kier molecular flexibility index (Phi) is 3.80. The normalized spacial score (nSPS) is 17.2. The number of nitrogens with zero attached hydrogens (tertiary/aromatic N) is 1. The lowest BCUT2D eigenvalue weighted by atomic mass is 10.2. The Morgan fingerprint density at radius 3 is 2.92 bits per heavy atom. The van der Waals surface area contributed by atoms with Gasteiger partial charge < -0.3 is 19.0 Å². The molecule has 1 amide bonds. The molecular weight excluding hydrogens is 320 g/mol. The Morgan fingerprint density at radius 1 is 1.28 bits per heavy atom. The predicted octanol–water partition coefficient (Wildman–Crippen LogP) is 2.72. The molecule has 3 aromatic rings. The zero-order chi connectivity index (χ0) is 17.4. The lowest BCUT2D eigenvalue weighted by Gasteiger charge is -2.16. The van der Waals surface area contributed by atoms with Crippen LogP contribution in [0.5, 0.6) is 5.75 Å². The van der Waals surface area contributed by atoms with E-state index in [4.69, 9.17) is 9.15 Å². The molecule has 6 nitrogen and oxygen atoms in total. The number of amides is 1. The highest BCUT2D eigenvalue weighted by atomic mass is 16.5. The fourth-order valence-corrected chi connectivity index (χ4v) is 3.20. The first-order chi connectivity index (χ1) is 12.1. The molecule has 4 rings (SSSR count). The molecule has 1 aromatic carbocycles. The zero-order valence-electron chi connectivity index (χ0n) is 13.8. The fourth-order valence-electron chi connectivity index (χ4n) is 3.20. The topological polar surface area (TPSA) is 75.5 Å². The van der Waals surface area contributed by atoms with E-state index < -0.39 is 5.63 Å². The van der Waals surface area contributed by atoms with Crippen LogP contribution in [0.2, 0.25) is 0 Å². The second-order valence-electron chi connectivity index (χ2n) is 6.27. The number of fused-ring (bicyclic) bond motifs is 1. The lowest BCUT2D eigenvalue weighted by Crippen LogP contribution is -2.31. The van der Waals surface area contributed by atoms with Gasteiger partial charge in [0, 0.05) is 29.9 Å². The van der Waals surface area contributed by atoms with Crippen molar-refractivity contribution in [2.45, 2.75) is 19.4 Å². The number of hydrogen-bond donors (Lipinski definition) is 1. The van der Waals surface area contributed by atoms with E-state index >= 15 is 0 Å². The Balaban J connectivity index is 1.46. The molecule has 6 heteroatoms. The molecule has 2 aromatic heterocycles. The van der Waals surface area contributed by atoms with Crippen molar-refractivity contribution < 1.29 is 13.9 Å². The summed E-state index contributed by atoms with van der Waals surface area (Å²) in [5.74, 6) is 0.955. The van der Waals surface area contributed by atoms with Crippen molar-refractivity contribution in [3.05, 3.63) is 64.3 Å². The van der Waals surface area contributed by atoms with Crippen molar-refractivity contribution in [1.29, 1.82) is 0 Å². The Hall–Kier alpha value is -3.02. The van der Waals surface area contributed by atoms with E-state index in [0.29, 0.717) is 30.3 Å². The molecule has 1 N–H and O–H groups in total. The van der Waals surface area contributed by atoms with Gasteiger partial charge in [-0.3, -0.25) is 4.79 Å². The van der Waals surface area contributed by atoms with Crippen molar-refractivity contribution >= 4 is 16.8 Å². The number of aromatic amines is 1. The second kappa shape index (κ2) is 6.12. The minimum atomic E-state index is -0.431. The summed E-state index contributed by atoms with van der Waals surface area (Å²) < 4.78 is 10.8. The first-order valence-corrected chi connectivity index (χ1v) is 8.24. The first-order valence-electron chi connectivity index (χ1n) is 8.24. The minimum Gasteiger partial charge on any atom is -0.488 e. The van der Waals surface area contributed by atoms with Crippen LogP contribution in [-0.4, -0.2) is 35.0 Å². The average molecular weight is 338 g/mol. The number of ether oxygens (including phenoxy) is 1. The summed E-state index contributed by atoms with van der Waals surface area (Å²) in [5.41, 5.74) is 1.10. The Morgan fingerprint density at radius 2 is 2.12 bits per heavy atom. The van der Waals surface area contributed by atoms with Crippen molar-refractivity contribution in [2.75, 3.05) is 13.1 Å². The summed E-state index contributed by atoms with van der Waals surface area (Å²) in [6.45, 7) is 2.82. The quantitative estimate of drug-likeness (QED) is 0.797. The van der Waals surface area contributed by atoms with Crippen LogP contribution < -0.4 is 10.4 Å². The van der Waals surface area contributed by atoms with Gasteiger partial charge in [-0.25, -0.2) is 4.79 Å². The van der Waals surface area contributed by atoms with Crippen LogP contribution in [0.4, 0.5) is 0 Å². The Bertz CT molecular complexity index is 955. The Labute approximate surface area is 144 Å². The third-order valence-corrected chi connectivity index (χ3v) is 4.36.